The maximum Gasteiger partial charge on any atom is 0.333 e. The summed E-state index contributed by atoms with van der Waals surface area (Å²) in [5.41, 5.74) is 0. The smallest absolute Gasteiger partial charge is 0.330 e. The number of allylic oxidation sites excluding steroid dienone is 10. The molecule has 0 atom stereocenters. The Morgan fingerprint density at radius 2 is 1.23 bits per heavy atom. The van der Waals surface area contributed by atoms with E-state index in [1.165, 1.54) is 0 Å². The molecule has 1 aliphatic heterocycles. The van der Waals surface area contributed by atoms with Crippen LogP contribution >= 0.6 is 0 Å². The number of unbranched alkanes of at least 4 members (excludes halogenated alkanes) is 3. The zero-order valence-corrected chi connectivity index (χ0v) is 18.8. The SMILES string of the molecule is CC/C=C\C/C=C\C/C=C\C/C=C\C/C=C\CCCCCC(=O)ON1C(=O)CCC1=O. The maximum atomic E-state index is 11.7. The fraction of sp³-hybridized carbons (Fsp3) is 0.500. The molecule has 0 spiro atoms. The van der Waals surface area contributed by atoms with Gasteiger partial charge in [0.2, 0.25) is 0 Å². The van der Waals surface area contributed by atoms with Gasteiger partial charge in [0, 0.05) is 19.3 Å². The summed E-state index contributed by atoms with van der Waals surface area (Å²) in [5, 5.41) is 0.610. The van der Waals surface area contributed by atoms with E-state index in [1.54, 1.807) is 0 Å². The fourth-order valence-corrected chi connectivity index (χ4v) is 2.88. The predicted octanol–water partition coefficient (Wildman–Crippen LogP) is 6.30. The monoisotopic (exact) mass is 427 g/mol. The van der Waals surface area contributed by atoms with Crippen molar-refractivity contribution in [1.29, 1.82) is 0 Å². The first kappa shape index (κ1) is 26.3. The van der Waals surface area contributed by atoms with Crippen molar-refractivity contribution < 1.29 is 19.2 Å². The lowest BCUT2D eigenvalue weighted by Gasteiger charge is -2.12. The first-order valence-corrected chi connectivity index (χ1v) is 11.5. The number of amides is 2. The van der Waals surface area contributed by atoms with Gasteiger partial charge in [0.05, 0.1) is 0 Å². The molecule has 170 valence electrons. The first-order chi connectivity index (χ1) is 15.1. The number of carbonyl (C=O) groups excluding carboxylic acids is 3. The number of imide groups is 1. The molecule has 1 heterocycles. The van der Waals surface area contributed by atoms with E-state index in [1.807, 2.05) is 0 Å². The molecular formula is C26H37NO4. The summed E-state index contributed by atoms with van der Waals surface area (Å²) in [6.07, 6.45) is 30.9. The molecule has 2 amide bonds. The van der Waals surface area contributed by atoms with E-state index in [0.29, 0.717) is 11.5 Å². The summed E-state index contributed by atoms with van der Waals surface area (Å²) in [6, 6.07) is 0. The van der Waals surface area contributed by atoms with Gasteiger partial charge >= 0.3 is 5.97 Å². The number of hydroxylamine groups is 2. The van der Waals surface area contributed by atoms with E-state index in [9.17, 15) is 14.4 Å². The van der Waals surface area contributed by atoms with Crippen molar-refractivity contribution in [2.45, 2.75) is 84.0 Å². The molecule has 0 aromatic carbocycles. The topological polar surface area (TPSA) is 63.7 Å². The van der Waals surface area contributed by atoms with Gasteiger partial charge in [-0.05, 0) is 51.4 Å². The van der Waals surface area contributed by atoms with Crippen LogP contribution in [-0.2, 0) is 19.2 Å². The standard InChI is InChI=1S/C26H37NO4/c1-2-3-4-5-6-7-8-9-10-11-12-13-14-15-16-17-18-19-20-21-26(30)31-27-24(28)22-23-25(27)29/h3-4,6-7,9-10,12-13,15-16H,2,5,8,11,14,17-23H2,1H3/b4-3-,7-6-,10-9-,13-12-,16-15-. The molecule has 5 nitrogen and oxygen atoms in total. The van der Waals surface area contributed by atoms with Crippen molar-refractivity contribution in [2.75, 3.05) is 0 Å². The minimum Gasteiger partial charge on any atom is -0.330 e. The molecule has 0 bridgehead atoms. The average molecular weight is 428 g/mol. The molecule has 0 radical (unpaired) electrons. The Morgan fingerprint density at radius 1 is 0.742 bits per heavy atom. The van der Waals surface area contributed by atoms with Crippen LogP contribution in [0.1, 0.15) is 84.0 Å². The zero-order valence-electron chi connectivity index (χ0n) is 18.8. The first-order valence-electron chi connectivity index (χ1n) is 11.5. The molecule has 1 aliphatic rings. The quantitative estimate of drug-likeness (QED) is 0.165. The van der Waals surface area contributed by atoms with Gasteiger partial charge in [-0.2, -0.15) is 0 Å². The van der Waals surface area contributed by atoms with Crippen LogP contribution in [0.5, 0.6) is 0 Å². The highest BCUT2D eigenvalue weighted by Gasteiger charge is 2.32. The molecule has 1 rings (SSSR count). The third kappa shape index (κ3) is 14.0. The largest absolute Gasteiger partial charge is 0.333 e. The second-order valence-corrected chi connectivity index (χ2v) is 7.35. The van der Waals surface area contributed by atoms with Crippen LogP contribution in [0.15, 0.2) is 60.8 Å². The number of hydrogen-bond acceptors (Lipinski definition) is 4. The molecule has 0 aromatic rings. The number of rotatable bonds is 16. The Kier molecular flexibility index (Phi) is 15.4. The molecule has 1 fully saturated rings. The summed E-state index contributed by atoms with van der Waals surface area (Å²) in [7, 11) is 0. The van der Waals surface area contributed by atoms with Gasteiger partial charge in [0.25, 0.3) is 11.8 Å². The van der Waals surface area contributed by atoms with E-state index >= 15 is 0 Å². The van der Waals surface area contributed by atoms with Crippen molar-refractivity contribution in [3.8, 4) is 0 Å². The predicted molar refractivity (Wildman–Crippen MR) is 125 cm³/mol. The minimum absolute atomic E-state index is 0.124. The van der Waals surface area contributed by atoms with E-state index in [0.717, 1.165) is 51.4 Å². The minimum atomic E-state index is -0.515. The van der Waals surface area contributed by atoms with E-state index in [-0.39, 0.29) is 19.3 Å². The fourth-order valence-electron chi connectivity index (χ4n) is 2.88. The van der Waals surface area contributed by atoms with Crippen LogP contribution in [0.3, 0.4) is 0 Å². The van der Waals surface area contributed by atoms with E-state index in [2.05, 4.69) is 67.7 Å². The Bertz CT molecular complexity index is 670. The second kappa shape index (κ2) is 18.1. The lowest BCUT2D eigenvalue weighted by Crippen LogP contribution is -2.31. The van der Waals surface area contributed by atoms with Gasteiger partial charge in [-0.15, -0.1) is 5.06 Å². The van der Waals surface area contributed by atoms with Crippen molar-refractivity contribution in [1.82, 2.24) is 5.06 Å². The summed E-state index contributed by atoms with van der Waals surface area (Å²) in [6.45, 7) is 2.14. The number of hydrogen-bond donors (Lipinski definition) is 0. The van der Waals surface area contributed by atoms with E-state index < -0.39 is 17.8 Å². The van der Waals surface area contributed by atoms with Crippen LogP contribution in [-0.4, -0.2) is 22.8 Å². The zero-order chi connectivity index (χ0) is 22.6. The summed E-state index contributed by atoms with van der Waals surface area (Å²) < 4.78 is 0. The number of carbonyl (C=O) groups is 3. The molecule has 5 heteroatoms. The van der Waals surface area contributed by atoms with E-state index in [4.69, 9.17) is 4.84 Å². The molecule has 31 heavy (non-hydrogen) atoms. The highest BCUT2D eigenvalue weighted by Crippen LogP contribution is 2.13. The molecule has 0 unspecified atom stereocenters. The van der Waals surface area contributed by atoms with Crippen LogP contribution in [0, 0.1) is 0 Å². The van der Waals surface area contributed by atoms with Crippen molar-refractivity contribution in [3.63, 3.8) is 0 Å². The molecule has 0 aromatic heterocycles. The van der Waals surface area contributed by atoms with Crippen LogP contribution in [0.4, 0.5) is 0 Å². The van der Waals surface area contributed by atoms with Crippen LogP contribution < -0.4 is 0 Å². The molecule has 0 N–H and O–H groups in total. The van der Waals surface area contributed by atoms with Crippen molar-refractivity contribution in [2.24, 2.45) is 0 Å². The number of nitrogens with zero attached hydrogens (tertiary/aromatic N) is 1. The molecular weight excluding hydrogens is 390 g/mol. The molecule has 0 saturated carbocycles. The van der Waals surface area contributed by atoms with Crippen LogP contribution in [0.2, 0.25) is 0 Å². The summed E-state index contributed by atoms with van der Waals surface area (Å²) in [5.74, 6) is -1.38. The van der Waals surface area contributed by atoms with Gasteiger partial charge in [-0.1, -0.05) is 74.1 Å². The van der Waals surface area contributed by atoms with Gasteiger partial charge in [-0.25, -0.2) is 4.79 Å². The van der Waals surface area contributed by atoms with Crippen molar-refractivity contribution >= 4 is 17.8 Å². The molecule has 0 aliphatic carbocycles. The maximum absolute atomic E-state index is 11.7. The third-order valence-corrected chi connectivity index (χ3v) is 4.61. The van der Waals surface area contributed by atoms with Crippen LogP contribution in [0.25, 0.3) is 0 Å². The summed E-state index contributed by atoms with van der Waals surface area (Å²) >= 11 is 0. The highest BCUT2D eigenvalue weighted by atomic mass is 16.7. The van der Waals surface area contributed by atoms with Crippen molar-refractivity contribution in [3.05, 3.63) is 60.8 Å². The highest BCUT2D eigenvalue weighted by molar-refractivity contribution is 6.01. The Hall–Kier alpha value is -2.69. The normalized spacial score (nSPS) is 15.2. The van der Waals surface area contributed by atoms with Gasteiger partial charge < -0.3 is 4.84 Å². The second-order valence-electron chi connectivity index (χ2n) is 7.35. The lowest BCUT2D eigenvalue weighted by molar-refractivity contribution is -0.197. The Balaban J connectivity index is 1.94. The lowest BCUT2D eigenvalue weighted by atomic mass is 10.1. The Morgan fingerprint density at radius 3 is 1.74 bits per heavy atom. The third-order valence-electron chi connectivity index (χ3n) is 4.61. The van der Waals surface area contributed by atoms with Gasteiger partial charge in [-0.3, -0.25) is 9.59 Å². The molecule has 1 saturated heterocycles. The van der Waals surface area contributed by atoms with Gasteiger partial charge in [0.1, 0.15) is 0 Å². The average Bonchev–Trinajstić information content (AvgIpc) is 3.07. The summed E-state index contributed by atoms with van der Waals surface area (Å²) in [4.78, 5) is 39.3. The van der Waals surface area contributed by atoms with Gasteiger partial charge in [0.15, 0.2) is 0 Å². The Labute approximate surface area is 187 Å².